The molecule has 0 saturated carbocycles. The van der Waals surface area contributed by atoms with Gasteiger partial charge in [-0.2, -0.15) is 0 Å². The van der Waals surface area contributed by atoms with Crippen molar-refractivity contribution in [2.75, 3.05) is 5.32 Å². The Kier molecular flexibility index (Phi) is 3.81. The van der Waals surface area contributed by atoms with Crippen LogP contribution in [0.4, 0.5) is 5.69 Å². The largest absolute Gasteiger partial charge is 0.344 e. The molecule has 0 fully saturated rings. The fraction of sp³-hybridized carbons (Fsp3) is 0.231. The van der Waals surface area contributed by atoms with Crippen molar-refractivity contribution >= 4 is 27.5 Å². The summed E-state index contributed by atoms with van der Waals surface area (Å²) in [6.07, 6.45) is 1.89. The first-order valence-electron chi connectivity index (χ1n) is 5.71. The molecule has 0 radical (unpaired) electrons. The van der Waals surface area contributed by atoms with E-state index in [1.54, 1.807) is 6.07 Å². The summed E-state index contributed by atoms with van der Waals surface area (Å²) < 4.78 is 2.66. The van der Waals surface area contributed by atoms with E-state index in [0.29, 0.717) is 5.69 Å². The SMILES string of the molecule is CCn1cccc1C(=O)Nc1ccc(Br)nc1C. The number of anilines is 1. The molecule has 0 bridgehead atoms. The summed E-state index contributed by atoms with van der Waals surface area (Å²) in [6.45, 7) is 4.63. The lowest BCUT2D eigenvalue weighted by Gasteiger charge is -2.09. The van der Waals surface area contributed by atoms with Crippen molar-refractivity contribution in [1.82, 2.24) is 9.55 Å². The van der Waals surface area contributed by atoms with Gasteiger partial charge in [-0.25, -0.2) is 4.98 Å². The maximum absolute atomic E-state index is 12.1. The van der Waals surface area contributed by atoms with Crippen molar-refractivity contribution in [2.45, 2.75) is 20.4 Å². The Morgan fingerprint density at radius 1 is 1.44 bits per heavy atom. The molecule has 0 unspecified atom stereocenters. The predicted octanol–water partition coefficient (Wildman–Crippen LogP) is 3.23. The molecule has 2 aromatic rings. The van der Waals surface area contributed by atoms with Crippen LogP contribution in [0, 0.1) is 6.92 Å². The first kappa shape index (κ1) is 12.8. The lowest BCUT2D eigenvalue weighted by Crippen LogP contribution is -2.17. The molecule has 0 aliphatic carbocycles. The summed E-state index contributed by atoms with van der Waals surface area (Å²) in [6, 6.07) is 7.32. The minimum absolute atomic E-state index is 0.117. The number of aromatic nitrogens is 2. The monoisotopic (exact) mass is 307 g/mol. The van der Waals surface area contributed by atoms with Crippen molar-refractivity contribution in [3.63, 3.8) is 0 Å². The van der Waals surface area contributed by atoms with E-state index in [9.17, 15) is 4.79 Å². The molecule has 0 aliphatic rings. The number of carbonyl (C=O) groups is 1. The predicted molar refractivity (Wildman–Crippen MR) is 74.7 cm³/mol. The Hall–Kier alpha value is -1.62. The van der Waals surface area contributed by atoms with Crippen LogP contribution in [-0.2, 0) is 6.54 Å². The Morgan fingerprint density at radius 3 is 2.89 bits per heavy atom. The summed E-state index contributed by atoms with van der Waals surface area (Å²) in [5.41, 5.74) is 2.17. The highest BCUT2D eigenvalue weighted by atomic mass is 79.9. The van der Waals surface area contributed by atoms with E-state index in [1.165, 1.54) is 0 Å². The number of pyridine rings is 1. The van der Waals surface area contributed by atoms with Crippen molar-refractivity contribution < 1.29 is 4.79 Å². The van der Waals surface area contributed by atoms with Gasteiger partial charge in [-0.05, 0) is 54.0 Å². The molecule has 0 atom stereocenters. The maximum Gasteiger partial charge on any atom is 0.272 e. The van der Waals surface area contributed by atoms with E-state index < -0.39 is 0 Å². The third-order valence-corrected chi connectivity index (χ3v) is 3.14. The molecule has 18 heavy (non-hydrogen) atoms. The van der Waals surface area contributed by atoms with Crippen LogP contribution in [0.1, 0.15) is 23.1 Å². The van der Waals surface area contributed by atoms with Crippen LogP contribution in [0.15, 0.2) is 35.1 Å². The summed E-state index contributed by atoms with van der Waals surface area (Å²) in [7, 11) is 0. The molecule has 4 nitrogen and oxygen atoms in total. The number of nitrogens with zero attached hydrogens (tertiary/aromatic N) is 2. The van der Waals surface area contributed by atoms with Crippen LogP contribution in [0.25, 0.3) is 0 Å². The molecule has 2 heterocycles. The molecule has 0 saturated heterocycles. The Bertz CT molecular complexity index is 577. The molecule has 1 amide bonds. The maximum atomic E-state index is 12.1. The second-order valence-electron chi connectivity index (χ2n) is 3.90. The number of hydrogen-bond acceptors (Lipinski definition) is 2. The number of nitrogens with one attached hydrogen (secondary N) is 1. The molecular formula is C13H14BrN3O. The highest BCUT2D eigenvalue weighted by Gasteiger charge is 2.11. The number of carbonyl (C=O) groups excluding carboxylic acids is 1. The van der Waals surface area contributed by atoms with E-state index in [2.05, 4.69) is 26.2 Å². The molecule has 0 aliphatic heterocycles. The van der Waals surface area contributed by atoms with Gasteiger partial charge in [-0.3, -0.25) is 4.79 Å². The number of hydrogen-bond donors (Lipinski definition) is 1. The van der Waals surface area contributed by atoms with Crippen molar-refractivity contribution in [1.29, 1.82) is 0 Å². The van der Waals surface area contributed by atoms with Gasteiger partial charge in [0.15, 0.2) is 0 Å². The van der Waals surface area contributed by atoms with Gasteiger partial charge in [-0.1, -0.05) is 0 Å². The minimum Gasteiger partial charge on any atom is -0.344 e. The summed E-state index contributed by atoms with van der Waals surface area (Å²) >= 11 is 3.30. The van der Waals surface area contributed by atoms with Crippen LogP contribution in [0.3, 0.4) is 0 Å². The summed E-state index contributed by atoms with van der Waals surface area (Å²) in [4.78, 5) is 16.4. The van der Waals surface area contributed by atoms with Crippen LogP contribution in [-0.4, -0.2) is 15.5 Å². The standard InChI is InChI=1S/C13H14BrN3O/c1-3-17-8-4-5-11(17)13(18)16-10-6-7-12(14)15-9(10)2/h4-8H,3H2,1-2H3,(H,16,18). The zero-order valence-electron chi connectivity index (χ0n) is 10.3. The first-order chi connectivity index (χ1) is 8.61. The van der Waals surface area contributed by atoms with Crippen molar-refractivity contribution in [3.8, 4) is 0 Å². The van der Waals surface area contributed by atoms with Crippen LogP contribution in [0.2, 0.25) is 0 Å². The summed E-state index contributed by atoms with van der Waals surface area (Å²) in [5.74, 6) is -0.117. The number of aryl methyl sites for hydroxylation is 2. The minimum atomic E-state index is -0.117. The molecule has 1 N–H and O–H groups in total. The molecule has 2 rings (SSSR count). The molecule has 5 heteroatoms. The van der Waals surface area contributed by atoms with E-state index in [-0.39, 0.29) is 5.91 Å². The fourth-order valence-electron chi connectivity index (χ4n) is 1.74. The van der Waals surface area contributed by atoms with Crippen molar-refractivity contribution in [3.05, 3.63) is 46.5 Å². The van der Waals surface area contributed by atoms with Gasteiger partial charge in [0, 0.05) is 12.7 Å². The zero-order valence-corrected chi connectivity index (χ0v) is 11.9. The summed E-state index contributed by atoms with van der Waals surface area (Å²) in [5, 5.41) is 2.87. The molecule has 94 valence electrons. The lowest BCUT2D eigenvalue weighted by molar-refractivity contribution is 0.101. The molecule has 2 aromatic heterocycles. The number of halogens is 1. The molecule has 0 spiro atoms. The highest BCUT2D eigenvalue weighted by Crippen LogP contribution is 2.17. The average molecular weight is 308 g/mol. The number of amides is 1. The van der Waals surface area contributed by atoms with Crippen LogP contribution in [0.5, 0.6) is 0 Å². The van der Waals surface area contributed by atoms with Crippen LogP contribution < -0.4 is 5.32 Å². The van der Waals surface area contributed by atoms with Gasteiger partial charge in [-0.15, -0.1) is 0 Å². The van der Waals surface area contributed by atoms with Gasteiger partial charge >= 0.3 is 0 Å². The van der Waals surface area contributed by atoms with Gasteiger partial charge in [0.05, 0.1) is 11.4 Å². The zero-order chi connectivity index (χ0) is 13.1. The first-order valence-corrected chi connectivity index (χ1v) is 6.50. The van der Waals surface area contributed by atoms with Crippen molar-refractivity contribution in [2.24, 2.45) is 0 Å². The van der Waals surface area contributed by atoms with Gasteiger partial charge < -0.3 is 9.88 Å². The Balaban J connectivity index is 2.21. The van der Waals surface area contributed by atoms with E-state index in [1.807, 2.05) is 42.8 Å². The normalized spacial score (nSPS) is 10.4. The lowest BCUT2D eigenvalue weighted by atomic mass is 10.3. The van der Waals surface area contributed by atoms with E-state index in [0.717, 1.165) is 22.5 Å². The van der Waals surface area contributed by atoms with Crippen LogP contribution >= 0.6 is 15.9 Å². The third-order valence-electron chi connectivity index (χ3n) is 2.70. The van der Waals surface area contributed by atoms with Gasteiger partial charge in [0.1, 0.15) is 10.3 Å². The molecular weight excluding hydrogens is 294 g/mol. The van der Waals surface area contributed by atoms with Gasteiger partial charge in [0.25, 0.3) is 5.91 Å². The number of rotatable bonds is 3. The average Bonchev–Trinajstić information content (AvgIpc) is 2.81. The Labute approximate surface area is 114 Å². The fourth-order valence-corrected chi connectivity index (χ4v) is 2.14. The quantitative estimate of drug-likeness (QED) is 0.885. The van der Waals surface area contributed by atoms with E-state index >= 15 is 0 Å². The second-order valence-corrected chi connectivity index (χ2v) is 4.71. The van der Waals surface area contributed by atoms with E-state index in [4.69, 9.17) is 0 Å². The van der Waals surface area contributed by atoms with Gasteiger partial charge in [0.2, 0.25) is 0 Å². The third kappa shape index (κ3) is 2.61. The molecule has 0 aromatic carbocycles. The highest BCUT2D eigenvalue weighted by molar-refractivity contribution is 9.10. The Morgan fingerprint density at radius 2 is 2.22 bits per heavy atom. The smallest absolute Gasteiger partial charge is 0.272 e. The second kappa shape index (κ2) is 5.35. The topological polar surface area (TPSA) is 46.9 Å².